The summed E-state index contributed by atoms with van der Waals surface area (Å²) in [6, 6.07) is 6.74. The number of nitrogens with zero attached hydrogens (tertiary/aromatic N) is 1. The zero-order valence-electron chi connectivity index (χ0n) is 15.6. The van der Waals surface area contributed by atoms with Crippen molar-refractivity contribution in [3.63, 3.8) is 0 Å². The first kappa shape index (κ1) is 18.3. The first-order valence-electron chi connectivity index (χ1n) is 8.99. The standard InChI is InChI=1S/C21H30N2O/c1-6-8-18-9-10-19(13-15(18)3)16(4)23-14-17(7-2)20(21(23)24)11-12-22-5/h9-13,16,22H,6-8,14H2,1-5H3/b12-11-. The molecule has 0 fully saturated rings. The van der Waals surface area contributed by atoms with Crippen LogP contribution in [0.25, 0.3) is 0 Å². The second-order valence-electron chi connectivity index (χ2n) is 6.54. The van der Waals surface area contributed by atoms with Crippen LogP contribution in [0.1, 0.15) is 56.3 Å². The summed E-state index contributed by atoms with van der Waals surface area (Å²) in [5.74, 6) is 0.140. The molecule has 0 radical (unpaired) electrons. The number of carbonyl (C=O) groups is 1. The summed E-state index contributed by atoms with van der Waals surface area (Å²) in [5.41, 5.74) is 6.02. The lowest BCUT2D eigenvalue weighted by molar-refractivity contribution is -0.127. The van der Waals surface area contributed by atoms with Crippen molar-refractivity contribution in [1.29, 1.82) is 0 Å². The number of hydrogen-bond acceptors (Lipinski definition) is 2. The van der Waals surface area contributed by atoms with E-state index >= 15 is 0 Å². The number of nitrogens with one attached hydrogen (secondary N) is 1. The highest BCUT2D eigenvalue weighted by molar-refractivity contribution is 6.00. The Bertz CT molecular complexity index is 658. The van der Waals surface area contributed by atoms with Crippen LogP contribution >= 0.6 is 0 Å². The quantitative estimate of drug-likeness (QED) is 0.810. The smallest absolute Gasteiger partial charge is 0.254 e. The molecule has 0 bridgehead atoms. The van der Waals surface area contributed by atoms with Gasteiger partial charge in [-0.05, 0) is 61.2 Å². The first-order chi connectivity index (χ1) is 11.5. The zero-order chi connectivity index (χ0) is 17.7. The molecule has 1 unspecified atom stereocenters. The maximum atomic E-state index is 12.8. The number of carbonyl (C=O) groups excluding carboxylic acids is 1. The minimum Gasteiger partial charge on any atom is -0.394 e. The van der Waals surface area contributed by atoms with Gasteiger partial charge in [0.25, 0.3) is 5.91 Å². The fraction of sp³-hybridized carbons (Fsp3) is 0.476. The van der Waals surface area contributed by atoms with Gasteiger partial charge in [-0.2, -0.15) is 0 Å². The fourth-order valence-electron chi connectivity index (χ4n) is 3.35. The predicted octanol–water partition coefficient (Wildman–Crippen LogP) is 4.29. The summed E-state index contributed by atoms with van der Waals surface area (Å²) < 4.78 is 0. The first-order valence-corrected chi connectivity index (χ1v) is 8.99. The lowest BCUT2D eigenvalue weighted by Crippen LogP contribution is -2.30. The van der Waals surface area contributed by atoms with Crippen molar-refractivity contribution in [2.45, 2.75) is 53.0 Å². The Morgan fingerprint density at radius 3 is 2.67 bits per heavy atom. The lowest BCUT2D eigenvalue weighted by Gasteiger charge is -2.26. The van der Waals surface area contributed by atoms with Gasteiger partial charge >= 0.3 is 0 Å². The monoisotopic (exact) mass is 326 g/mol. The SMILES string of the molecule is CCCc1ccc(C(C)N2CC(CC)=C(/C=C\NC)C2=O)cc1C. The molecule has 1 aromatic carbocycles. The van der Waals surface area contributed by atoms with Crippen LogP contribution in [-0.2, 0) is 11.2 Å². The molecule has 1 atom stereocenters. The summed E-state index contributed by atoms with van der Waals surface area (Å²) in [7, 11) is 1.85. The van der Waals surface area contributed by atoms with E-state index in [0.29, 0.717) is 0 Å². The number of amides is 1. The molecule has 3 nitrogen and oxygen atoms in total. The fourth-order valence-corrected chi connectivity index (χ4v) is 3.35. The van der Waals surface area contributed by atoms with Crippen LogP contribution in [0.4, 0.5) is 0 Å². The molecule has 0 spiro atoms. The molecule has 1 heterocycles. The van der Waals surface area contributed by atoms with Gasteiger partial charge in [0.15, 0.2) is 0 Å². The van der Waals surface area contributed by atoms with Gasteiger partial charge in [-0.15, -0.1) is 0 Å². The minimum absolute atomic E-state index is 0.0916. The van der Waals surface area contributed by atoms with Crippen molar-refractivity contribution in [2.75, 3.05) is 13.6 Å². The Kier molecular flexibility index (Phi) is 6.24. The third-order valence-electron chi connectivity index (χ3n) is 4.91. The zero-order valence-corrected chi connectivity index (χ0v) is 15.6. The Hall–Kier alpha value is -2.03. The van der Waals surface area contributed by atoms with Crippen molar-refractivity contribution in [3.8, 4) is 0 Å². The van der Waals surface area contributed by atoms with Gasteiger partial charge in [0.05, 0.1) is 6.04 Å². The molecule has 1 aliphatic heterocycles. The summed E-state index contributed by atoms with van der Waals surface area (Å²) >= 11 is 0. The van der Waals surface area contributed by atoms with Crippen LogP contribution in [0.5, 0.6) is 0 Å². The van der Waals surface area contributed by atoms with E-state index < -0.39 is 0 Å². The van der Waals surface area contributed by atoms with E-state index in [1.807, 2.05) is 24.2 Å². The number of aryl methyl sites for hydroxylation is 2. The molecule has 1 N–H and O–H groups in total. The normalized spacial score (nSPS) is 16.4. The van der Waals surface area contributed by atoms with Gasteiger partial charge in [-0.25, -0.2) is 0 Å². The Morgan fingerprint density at radius 2 is 2.08 bits per heavy atom. The molecule has 2 rings (SSSR count). The highest BCUT2D eigenvalue weighted by Crippen LogP contribution is 2.31. The van der Waals surface area contributed by atoms with Crippen LogP contribution in [0.15, 0.2) is 41.6 Å². The van der Waals surface area contributed by atoms with E-state index in [2.05, 4.69) is 51.2 Å². The summed E-state index contributed by atoms with van der Waals surface area (Å²) in [4.78, 5) is 14.8. The lowest BCUT2D eigenvalue weighted by atomic mass is 9.98. The molecule has 1 amide bonds. The van der Waals surface area contributed by atoms with Crippen molar-refractivity contribution >= 4 is 5.91 Å². The van der Waals surface area contributed by atoms with E-state index in [1.165, 1.54) is 22.3 Å². The highest BCUT2D eigenvalue weighted by Gasteiger charge is 2.31. The van der Waals surface area contributed by atoms with E-state index in [4.69, 9.17) is 0 Å². The topological polar surface area (TPSA) is 32.3 Å². The van der Waals surface area contributed by atoms with Crippen LogP contribution in [0, 0.1) is 6.92 Å². The average molecular weight is 326 g/mol. The number of rotatable bonds is 7. The average Bonchev–Trinajstić information content (AvgIpc) is 2.90. The molecular formula is C21H30N2O. The minimum atomic E-state index is 0.0916. The van der Waals surface area contributed by atoms with Crippen LogP contribution in [0.2, 0.25) is 0 Å². The van der Waals surface area contributed by atoms with Gasteiger partial charge in [0, 0.05) is 19.2 Å². The highest BCUT2D eigenvalue weighted by atomic mass is 16.2. The third kappa shape index (κ3) is 3.72. The number of hydrogen-bond donors (Lipinski definition) is 1. The molecule has 1 aliphatic rings. The maximum absolute atomic E-state index is 12.8. The van der Waals surface area contributed by atoms with E-state index in [-0.39, 0.29) is 11.9 Å². The summed E-state index contributed by atoms with van der Waals surface area (Å²) in [5, 5.41) is 2.98. The Labute approximate surface area is 146 Å². The van der Waals surface area contributed by atoms with Gasteiger partial charge < -0.3 is 10.2 Å². The molecule has 0 aromatic heterocycles. The third-order valence-corrected chi connectivity index (χ3v) is 4.91. The molecule has 24 heavy (non-hydrogen) atoms. The Balaban J connectivity index is 2.22. The van der Waals surface area contributed by atoms with E-state index in [9.17, 15) is 4.79 Å². The largest absolute Gasteiger partial charge is 0.394 e. The molecule has 0 aliphatic carbocycles. The van der Waals surface area contributed by atoms with Gasteiger partial charge in [0.2, 0.25) is 0 Å². The second-order valence-corrected chi connectivity index (χ2v) is 6.54. The van der Waals surface area contributed by atoms with E-state index in [0.717, 1.165) is 31.4 Å². The Morgan fingerprint density at radius 1 is 1.33 bits per heavy atom. The predicted molar refractivity (Wildman–Crippen MR) is 101 cm³/mol. The molecule has 1 aromatic rings. The summed E-state index contributed by atoms with van der Waals surface area (Å²) in [6.45, 7) is 9.36. The number of benzene rings is 1. The maximum Gasteiger partial charge on any atom is 0.254 e. The van der Waals surface area contributed by atoms with Gasteiger partial charge in [-0.3, -0.25) is 4.79 Å². The van der Waals surface area contributed by atoms with Crippen molar-refractivity contribution < 1.29 is 4.79 Å². The summed E-state index contributed by atoms with van der Waals surface area (Å²) in [6.07, 6.45) is 6.92. The van der Waals surface area contributed by atoms with Crippen molar-refractivity contribution in [2.24, 2.45) is 0 Å². The van der Waals surface area contributed by atoms with Crippen LogP contribution in [-0.4, -0.2) is 24.4 Å². The van der Waals surface area contributed by atoms with Crippen molar-refractivity contribution in [1.82, 2.24) is 10.2 Å². The molecular weight excluding hydrogens is 296 g/mol. The van der Waals surface area contributed by atoms with Gasteiger partial charge in [-0.1, -0.05) is 38.5 Å². The molecule has 0 saturated heterocycles. The van der Waals surface area contributed by atoms with Crippen LogP contribution in [0.3, 0.4) is 0 Å². The van der Waals surface area contributed by atoms with Gasteiger partial charge in [0.1, 0.15) is 0 Å². The van der Waals surface area contributed by atoms with E-state index in [1.54, 1.807) is 0 Å². The molecule has 0 saturated carbocycles. The second kappa shape index (κ2) is 8.18. The van der Waals surface area contributed by atoms with Crippen LogP contribution < -0.4 is 5.32 Å². The van der Waals surface area contributed by atoms with Crippen molar-refractivity contribution in [3.05, 3.63) is 58.3 Å². The molecule has 3 heteroatoms. The molecule has 130 valence electrons.